The number of nitrogens with one attached hydrogen (secondary N) is 1. The third kappa shape index (κ3) is 9.92. The smallest absolute Gasteiger partial charge is 0.261 e. The maximum Gasteiger partial charge on any atom is 0.261 e. The van der Waals surface area contributed by atoms with Crippen molar-refractivity contribution in [3.05, 3.63) is 64.1 Å². The SMILES string of the molecule is CCCCCCOc1ccc(Br)cc1C(=O)NC(=S)N(CCC(N)=O)CCc1ccccc1. The maximum absolute atomic E-state index is 13.1. The summed E-state index contributed by atoms with van der Waals surface area (Å²) in [6, 6.07) is 15.3. The molecule has 0 fully saturated rings. The summed E-state index contributed by atoms with van der Waals surface area (Å²) in [4.78, 5) is 26.2. The topological polar surface area (TPSA) is 84.7 Å². The van der Waals surface area contributed by atoms with Gasteiger partial charge >= 0.3 is 0 Å². The minimum Gasteiger partial charge on any atom is -0.493 e. The Bertz CT molecular complexity index is 924. The Morgan fingerprint density at radius 2 is 1.85 bits per heavy atom. The fourth-order valence-electron chi connectivity index (χ4n) is 3.23. The van der Waals surface area contributed by atoms with Gasteiger partial charge in [0.05, 0.1) is 12.2 Å². The van der Waals surface area contributed by atoms with Crippen LogP contribution in [-0.2, 0) is 11.2 Å². The lowest BCUT2D eigenvalue weighted by molar-refractivity contribution is -0.118. The molecule has 2 aromatic carbocycles. The monoisotopic (exact) mass is 533 g/mol. The van der Waals surface area contributed by atoms with Gasteiger partial charge < -0.3 is 15.4 Å². The summed E-state index contributed by atoms with van der Waals surface area (Å²) in [6.07, 6.45) is 5.21. The fraction of sp³-hybridized carbons (Fsp3) is 0.400. The standard InChI is InChI=1S/C25H32BrN3O3S/c1-2-3-4-8-17-32-22-12-11-20(26)18-21(22)24(31)28-25(33)29(16-14-23(27)30)15-13-19-9-6-5-7-10-19/h5-7,9-12,18H,2-4,8,13-17H2,1H3,(H2,27,30)(H,28,31,33). The van der Waals surface area contributed by atoms with E-state index in [1.54, 1.807) is 17.0 Å². The minimum absolute atomic E-state index is 0.147. The first-order valence-electron chi connectivity index (χ1n) is 11.3. The van der Waals surface area contributed by atoms with E-state index in [1.165, 1.54) is 0 Å². The molecule has 0 spiro atoms. The Balaban J connectivity index is 2.05. The molecule has 0 saturated carbocycles. The molecular weight excluding hydrogens is 502 g/mol. The molecule has 0 radical (unpaired) electrons. The summed E-state index contributed by atoms with van der Waals surface area (Å²) in [5.74, 6) is -0.254. The van der Waals surface area contributed by atoms with E-state index in [4.69, 9.17) is 22.7 Å². The highest BCUT2D eigenvalue weighted by atomic mass is 79.9. The fourth-order valence-corrected chi connectivity index (χ4v) is 3.87. The van der Waals surface area contributed by atoms with Gasteiger partial charge in [-0.05, 0) is 48.8 Å². The number of unbranched alkanes of at least 4 members (excludes halogenated alkanes) is 3. The van der Waals surface area contributed by atoms with Crippen molar-refractivity contribution in [1.82, 2.24) is 10.2 Å². The maximum atomic E-state index is 13.1. The Labute approximate surface area is 210 Å². The van der Waals surface area contributed by atoms with Crippen LogP contribution in [0.3, 0.4) is 0 Å². The second-order valence-electron chi connectivity index (χ2n) is 7.75. The van der Waals surface area contributed by atoms with Crippen molar-refractivity contribution in [1.29, 1.82) is 0 Å². The highest BCUT2D eigenvalue weighted by Gasteiger charge is 2.18. The number of primary amides is 1. The molecule has 0 aliphatic rings. The number of halogens is 1. The lowest BCUT2D eigenvalue weighted by Gasteiger charge is -2.25. The number of nitrogens with zero attached hydrogens (tertiary/aromatic N) is 1. The predicted molar refractivity (Wildman–Crippen MR) is 139 cm³/mol. The number of nitrogens with two attached hydrogens (primary N) is 1. The summed E-state index contributed by atoms with van der Waals surface area (Å²) in [5, 5.41) is 3.06. The Hall–Kier alpha value is -2.45. The van der Waals surface area contributed by atoms with E-state index in [2.05, 4.69) is 28.2 Å². The molecule has 3 N–H and O–H groups in total. The highest BCUT2D eigenvalue weighted by molar-refractivity contribution is 9.10. The molecule has 0 saturated heterocycles. The van der Waals surface area contributed by atoms with Crippen molar-refractivity contribution >= 4 is 45.1 Å². The van der Waals surface area contributed by atoms with Gasteiger partial charge in [0.2, 0.25) is 5.91 Å². The molecule has 33 heavy (non-hydrogen) atoms. The summed E-state index contributed by atoms with van der Waals surface area (Å²) in [6.45, 7) is 3.60. The van der Waals surface area contributed by atoms with Gasteiger partial charge in [-0.3, -0.25) is 14.9 Å². The van der Waals surface area contributed by atoms with Gasteiger partial charge in [0.15, 0.2) is 5.11 Å². The first kappa shape index (κ1) is 26.8. The van der Waals surface area contributed by atoms with Gasteiger partial charge in [-0.15, -0.1) is 0 Å². The van der Waals surface area contributed by atoms with Gasteiger partial charge in [0.1, 0.15) is 5.75 Å². The molecule has 0 unspecified atom stereocenters. The van der Waals surface area contributed by atoms with E-state index in [0.29, 0.717) is 31.0 Å². The van der Waals surface area contributed by atoms with Crippen molar-refractivity contribution in [2.75, 3.05) is 19.7 Å². The Morgan fingerprint density at radius 3 is 2.55 bits per heavy atom. The van der Waals surface area contributed by atoms with Crippen LogP contribution in [0.4, 0.5) is 0 Å². The van der Waals surface area contributed by atoms with Crippen LogP contribution in [0, 0.1) is 0 Å². The number of carbonyl (C=O) groups is 2. The first-order valence-corrected chi connectivity index (χ1v) is 12.5. The van der Waals surface area contributed by atoms with Crippen LogP contribution in [0.2, 0.25) is 0 Å². The largest absolute Gasteiger partial charge is 0.493 e. The second-order valence-corrected chi connectivity index (χ2v) is 9.05. The minimum atomic E-state index is -0.417. The van der Waals surface area contributed by atoms with Gasteiger partial charge in [-0.2, -0.15) is 0 Å². The number of hydrogen-bond donors (Lipinski definition) is 2. The molecule has 8 heteroatoms. The first-order chi connectivity index (χ1) is 15.9. The molecule has 178 valence electrons. The number of amides is 2. The zero-order valence-corrected chi connectivity index (χ0v) is 21.4. The van der Waals surface area contributed by atoms with Gasteiger partial charge in [0.25, 0.3) is 5.91 Å². The normalized spacial score (nSPS) is 10.5. The van der Waals surface area contributed by atoms with Crippen molar-refractivity contribution in [3.63, 3.8) is 0 Å². The zero-order chi connectivity index (χ0) is 24.1. The molecule has 0 heterocycles. The summed E-state index contributed by atoms with van der Waals surface area (Å²) in [5.41, 5.74) is 6.88. The highest BCUT2D eigenvalue weighted by Crippen LogP contribution is 2.24. The number of rotatable bonds is 13. The Morgan fingerprint density at radius 1 is 1.09 bits per heavy atom. The molecule has 0 aliphatic carbocycles. The van der Waals surface area contributed by atoms with E-state index in [1.807, 2.05) is 36.4 Å². The van der Waals surface area contributed by atoms with Gasteiger partial charge in [-0.1, -0.05) is 72.4 Å². The quantitative estimate of drug-likeness (QED) is 0.284. The molecule has 2 rings (SSSR count). The number of hydrogen-bond acceptors (Lipinski definition) is 4. The van der Waals surface area contributed by atoms with Crippen LogP contribution in [0.15, 0.2) is 53.0 Å². The summed E-state index contributed by atoms with van der Waals surface area (Å²) in [7, 11) is 0. The van der Waals surface area contributed by atoms with Crippen molar-refractivity contribution < 1.29 is 14.3 Å². The number of thiocarbonyl (C=S) groups is 1. The molecule has 2 aromatic rings. The molecular formula is C25H32BrN3O3S. The van der Waals surface area contributed by atoms with Crippen molar-refractivity contribution in [2.24, 2.45) is 5.73 Å². The van der Waals surface area contributed by atoms with Gasteiger partial charge in [-0.25, -0.2) is 0 Å². The molecule has 2 amide bonds. The summed E-state index contributed by atoms with van der Waals surface area (Å²) < 4.78 is 6.66. The van der Waals surface area contributed by atoms with Crippen LogP contribution in [0.5, 0.6) is 5.75 Å². The van der Waals surface area contributed by atoms with Crippen LogP contribution < -0.4 is 15.8 Å². The average Bonchev–Trinajstić information content (AvgIpc) is 2.80. The Kier molecular flexibility index (Phi) is 11.9. The molecule has 6 nitrogen and oxygen atoms in total. The third-order valence-electron chi connectivity index (χ3n) is 5.09. The third-order valence-corrected chi connectivity index (χ3v) is 5.94. The molecule has 0 aromatic heterocycles. The molecule has 0 bridgehead atoms. The van der Waals surface area contributed by atoms with Crippen molar-refractivity contribution in [3.8, 4) is 5.75 Å². The van der Waals surface area contributed by atoms with Crippen LogP contribution in [0.25, 0.3) is 0 Å². The molecule has 0 aliphatic heterocycles. The average molecular weight is 535 g/mol. The number of ether oxygens (including phenoxy) is 1. The van der Waals surface area contributed by atoms with Crippen LogP contribution in [-0.4, -0.2) is 41.5 Å². The van der Waals surface area contributed by atoms with Crippen molar-refractivity contribution in [2.45, 2.75) is 45.4 Å². The van der Waals surface area contributed by atoms with E-state index in [0.717, 1.165) is 42.1 Å². The van der Waals surface area contributed by atoms with Gasteiger partial charge in [0, 0.05) is 24.0 Å². The van der Waals surface area contributed by atoms with Crippen LogP contribution in [0.1, 0.15) is 54.9 Å². The zero-order valence-electron chi connectivity index (χ0n) is 19.0. The lowest BCUT2D eigenvalue weighted by Crippen LogP contribution is -2.44. The molecule has 0 atom stereocenters. The van der Waals surface area contributed by atoms with E-state index < -0.39 is 5.91 Å². The van der Waals surface area contributed by atoms with E-state index >= 15 is 0 Å². The van der Waals surface area contributed by atoms with E-state index in [-0.39, 0.29) is 17.4 Å². The number of carbonyl (C=O) groups excluding carboxylic acids is 2. The predicted octanol–water partition coefficient (Wildman–Crippen LogP) is 4.84. The second kappa shape index (κ2) is 14.6. The van der Waals surface area contributed by atoms with Crippen LogP contribution >= 0.6 is 28.1 Å². The summed E-state index contributed by atoms with van der Waals surface area (Å²) >= 11 is 8.94. The van der Waals surface area contributed by atoms with E-state index in [9.17, 15) is 9.59 Å². The lowest BCUT2D eigenvalue weighted by atomic mass is 10.1. The number of benzene rings is 2.